The summed E-state index contributed by atoms with van der Waals surface area (Å²) < 4.78 is 16.5. The molecule has 130 valence electrons. The molecule has 1 amide bonds. The molecule has 5 heteroatoms. The zero-order valence-corrected chi connectivity index (χ0v) is 14.8. The van der Waals surface area contributed by atoms with Gasteiger partial charge in [-0.25, -0.2) is 9.69 Å². The fraction of sp³-hybridized carbons (Fsp3) is 0.250. The third-order valence-corrected chi connectivity index (χ3v) is 3.61. The average molecular weight is 339 g/mol. The smallest absolute Gasteiger partial charge is 0.419 e. The number of nitrogens with zero attached hydrogens (tertiary/aromatic N) is 1. The van der Waals surface area contributed by atoms with Crippen LogP contribution < -0.4 is 14.4 Å². The minimum atomic E-state index is -0.602. The molecular formula is C20H21NO4. The summed E-state index contributed by atoms with van der Waals surface area (Å²) in [6, 6.07) is 14.8. The highest BCUT2D eigenvalue weighted by molar-refractivity contribution is 6.04. The monoisotopic (exact) mass is 339 g/mol. The van der Waals surface area contributed by atoms with E-state index in [0.29, 0.717) is 17.1 Å². The van der Waals surface area contributed by atoms with Crippen molar-refractivity contribution in [1.29, 1.82) is 0 Å². The molecule has 1 aliphatic heterocycles. The van der Waals surface area contributed by atoms with Gasteiger partial charge in [0.15, 0.2) is 5.75 Å². The molecule has 5 nitrogen and oxygen atoms in total. The summed E-state index contributed by atoms with van der Waals surface area (Å²) in [7, 11) is 1.61. The maximum atomic E-state index is 12.9. The van der Waals surface area contributed by atoms with Crippen molar-refractivity contribution in [2.75, 3.05) is 12.0 Å². The number of benzene rings is 2. The van der Waals surface area contributed by atoms with Crippen LogP contribution in [0.2, 0.25) is 0 Å². The topological polar surface area (TPSA) is 48.0 Å². The van der Waals surface area contributed by atoms with E-state index in [-0.39, 0.29) is 0 Å². The zero-order chi connectivity index (χ0) is 18.0. The molecule has 0 N–H and O–H groups in total. The van der Waals surface area contributed by atoms with Crippen LogP contribution in [0.1, 0.15) is 26.3 Å². The van der Waals surface area contributed by atoms with E-state index in [0.717, 1.165) is 11.3 Å². The van der Waals surface area contributed by atoms with Crippen LogP contribution >= 0.6 is 0 Å². The molecule has 0 atom stereocenters. The van der Waals surface area contributed by atoms with Gasteiger partial charge in [0.1, 0.15) is 17.6 Å². The standard InChI is InChI=1S/C20H21NO4/c1-20(2,3)25-19(22)21-16-7-5-6-8-18(16)24-13-17(21)14-9-11-15(23-4)12-10-14/h5-13H,1-4H3. The Balaban J connectivity index is 2.03. The van der Waals surface area contributed by atoms with Crippen LogP contribution in [0.15, 0.2) is 54.8 Å². The lowest BCUT2D eigenvalue weighted by Crippen LogP contribution is -2.37. The van der Waals surface area contributed by atoms with Crippen molar-refractivity contribution in [3.63, 3.8) is 0 Å². The van der Waals surface area contributed by atoms with Gasteiger partial charge in [-0.1, -0.05) is 12.1 Å². The molecule has 1 heterocycles. The predicted molar refractivity (Wildman–Crippen MR) is 96.8 cm³/mol. The molecule has 0 radical (unpaired) electrons. The Kier molecular flexibility index (Phi) is 4.40. The molecule has 2 aromatic carbocycles. The number of para-hydroxylation sites is 2. The molecule has 0 spiro atoms. The molecule has 1 aliphatic rings. The number of carbonyl (C=O) groups excluding carboxylic acids is 1. The second-order valence-corrected chi connectivity index (χ2v) is 6.63. The number of carbonyl (C=O) groups is 1. The minimum absolute atomic E-state index is 0.453. The van der Waals surface area contributed by atoms with Gasteiger partial charge in [0.05, 0.1) is 18.5 Å². The van der Waals surface area contributed by atoms with Crippen molar-refractivity contribution in [2.45, 2.75) is 26.4 Å². The van der Waals surface area contributed by atoms with Crippen LogP contribution in [0.25, 0.3) is 5.70 Å². The Bertz CT molecular complexity index is 803. The van der Waals surface area contributed by atoms with Gasteiger partial charge in [-0.15, -0.1) is 0 Å². The van der Waals surface area contributed by atoms with Gasteiger partial charge in [0.25, 0.3) is 0 Å². The van der Waals surface area contributed by atoms with E-state index in [9.17, 15) is 4.79 Å². The lowest BCUT2D eigenvalue weighted by molar-refractivity contribution is 0.0598. The number of hydrogen-bond acceptors (Lipinski definition) is 4. The SMILES string of the molecule is COc1ccc(C2=COc3ccccc3N2C(=O)OC(C)(C)C)cc1. The van der Waals surface area contributed by atoms with Gasteiger partial charge in [0, 0.05) is 5.56 Å². The van der Waals surface area contributed by atoms with Gasteiger partial charge >= 0.3 is 6.09 Å². The van der Waals surface area contributed by atoms with E-state index in [1.165, 1.54) is 4.90 Å². The lowest BCUT2D eigenvalue weighted by Gasteiger charge is -2.32. The van der Waals surface area contributed by atoms with Crippen molar-refractivity contribution in [3.05, 3.63) is 60.4 Å². The predicted octanol–water partition coefficient (Wildman–Crippen LogP) is 4.83. The molecule has 0 aromatic heterocycles. The van der Waals surface area contributed by atoms with Crippen molar-refractivity contribution in [2.24, 2.45) is 0 Å². The van der Waals surface area contributed by atoms with Gasteiger partial charge in [-0.2, -0.15) is 0 Å². The van der Waals surface area contributed by atoms with Crippen LogP contribution in [0.5, 0.6) is 11.5 Å². The van der Waals surface area contributed by atoms with E-state index in [1.807, 2.05) is 69.3 Å². The first kappa shape index (κ1) is 16.9. The lowest BCUT2D eigenvalue weighted by atomic mass is 10.1. The molecule has 2 aromatic rings. The van der Waals surface area contributed by atoms with Crippen molar-refractivity contribution >= 4 is 17.5 Å². The van der Waals surface area contributed by atoms with Gasteiger partial charge in [-0.3, -0.25) is 0 Å². The fourth-order valence-corrected chi connectivity index (χ4v) is 2.51. The molecule has 0 fully saturated rings. The Labute approximate surface area is 147 Å². The number of anilines is 1. The molecule has 0 saturated carbocycles. The zero-order valence-electron chi connectivity index (χ0n) is 14.8. The van der Waals surface area contributed by atoms with Crippen molar-refractivity contribution in [3.8, 4) is 11.5 Å². The van der Waals surface area contributed by atoms with Crippen LogP contribution in [0.4, 0.5) is 10.5 Å². The third-order valence-electron chi connectivity index (χ3n) is 3.61. The Hall–Kier alpha value is -2.95. The summed E-state index contributed by atoms with van der Waals surface area (Å²) in [4.78, 5) is 14.4. The van der Waals surface area contributed by atoms with Gasteiger partial charge in [-0.05, 0) is 57.2 Å². The van der Waals surface area contributed by atoms with Crippen LogP contribution in [0.3, 0.4) is 0 Å². The largest absolute Gasteiger partial charge is 0.497 e. The first-order valence-corrected chi connectivity index (χ1v) is 8.02. The normalized spacial score (nSPS) is 13.4. The molecule has 0 unspecified atom stereocenters. The molecular weight excluding hydrogens is 318 g/mol. The van der Waals surface area contributed by atoms with E-state index in [4.69, 9.17) is 14.2 Å². The van der Waals surface area contributed by atoms with Crippen LogP contribution in [0, 0.1) is 0 Å². The van der Waals surface area contributed by atoms with E-state index < -0.39 is 11.7 Å². The first-order valence-electron chi connectivity index (χ1n) is 8.02. The highest BCUT2D eigenvalue weighted by Crippen LogP contribution is 2.39. The maximum Gasteiger partial charge on any atom is 0.419 e. The molecule has 0 aliphatic carbocycles. The van der Waals surface area contributed by atoms with Crippen LogP contribution in [-0.2, 0) is 4.74 Å². The molecule has 0 bridgehead atoms. The summed E-state index contributed by atoms with van der Waals surface area (Å²) in [5.74, 6) is 1.34. The van der Waals surface area contributed by atoms with Crippen molar-refractivity contribution < 1.29 is 19.0 Å². The number of rotatable bonds is 2. The second kappa shape index (κ2) is 6.51. The Morgan fingerprint density at radius 1 is 1.04 bits per heavy atom. The maximum absolute atomic E-state index is 12.9. The Morgan fingerprint density at radius 3 is 2.36 bits per heavy atom. The number of ether oxygens (including phenoxy) is 3. The van der Waals surface area contributed by atoms with Gasteiger partial charge < -0.3 is 14.2 Å². The summed E-state index contributed by atoms with van der Waals surface area (Å²) in [5.41, 5.74) is 1.47. The van der Waals surface area contributed by atoms with E-state index in [1.54, 1.807) is 13.4 Å². The molecule has 25 heavy (non-hydrogen) atoms. The second-order valence-electron chi connectivity index (χ2n) is 6.63. The first-order chi connectivity index (χ1) is 11.9. The highest BCUT2D eigenvalue weighted by atomic mass is 16.6. The highest BCUT2D eigenvalue weighted by Gasteiger charge is 2.31. The quantitative estimate of drug-likeness (QED) is 0.786. The summed E-state index contributed by atoms with van der Waals surface area (Å²) >= 11 is 0. The fourth-order valence-electron chi connectivity index (χ4n) is 2.51. The number of fused-ring (bicyclic) bond motifs is 1. The Morgan fingerprint density at radius 2 is 1.72 bits per heavy atom. The summed E-state index contributed by atoms with van der Waals surface area (Å²) in [6.07, 6.45) is 1.11. The summed E-state index contributed by atoms with van der Waals surface area (Å²) in [6.45, 7) is 5.52. The third kappa shape index (κ3) is 3.60. The number of methoxy groups -OCH3 is 1. The average Bonchev–Trinajstić information content (AvgIpc) is 2.59. The summed E-state index contributed by atoms with van der Waals surface area (Å²) in [5, 5.41) is 0. The van der Waals surface area contributed by atoms with Crippen LogP contribution in [-0.4, -0.2) is 18.8 Å². The van der Waals surface area contributed by atoms with Gasteiger partial charge in [0.2, 0.25) is 0 Å². The minimum Gasteiger partial charge on any atom is -0.497 e. The number of hydrogen-bond donors (Lipinski definition) is 0. The number of amides is 1. The van der Waals surface area contributed by atoms with E-state index >= 15 is 0 Å². The van der Waals surface area contributed by atoms with Crippen molar-refractivity contribution in [1.82, 2.24) is 0 Å². The van der Waals surface area contributed by atoms with E-state index in [2.05, 4.69) is 0 Å². The molecule has 0 saturated heterocycles. The molecule has 3 rings (SSSR count).